The van der Waals surface area contributed by atoms with Crippen molar-refractivity contribution >= 4 is 17.6 Å². The Bertz CT molecular complexity index is 406. The lowest BCUT2D eigenvalue weighted by Gasteiger charge is -2.11. The molecule has 0 unspecified atom stereocenters. The number of hydrogen-bond donors (Lipinski definition) is 1. The van der Waals surface area contributed by atoms with Crippen LogP contribution in [0.25, 0.3) is 0 Å². The highest BCUT2D eigenvalue weighted by molar-refractivity contribution is 6.31. The fraction of sp³-hybridized carbons (Fsp3) is 0.222. The van der Waals surface area contributed by atoms with Gasteiger partial charge in [-0.25, -0.2) is 9.18 Å². The van der Waals surface area contributed by atoms with Crippen LogP contribution in [0.15, 0.2) is 6.07 Å². The van der Waals surface area contributed by atoms with E-state index in [2.05, 4.69) is 0 Å². The van der Waals surface area contributed by atoms with Gasteiger partial charge < -0.3 is 14.6 Å². The van der Waals surface area contributed by atoms with Crippen LogP contribution in [-0.4, -0.2) is 25.3 Å². The monoisotopic (exact) mass is 234 g/mol. The third kappa shape index (κ3) is 1.97. The van der Waals surface area contributed by atoms with Crippen LogP contribution in [0, 0.1) is 5.82 Å². The van der Waals surface area contributed by atoms with E-state index in [1.165, 1.54) is 14.2 Å². The number of rotatable bonds is 3. The zero-order chi connectivity index (χ0) is 11.6. The third-order valence-electron chi connectivity index (χ3n) is 1.78. The van der Waals surface area contributed by atoms with Crippen molar-refractivity contribution in [2.24, 2.45) is 0 Å². The minimum atomic E-state index is -1.47. The van der Waals surface area contributed by atoms with E-state index in [1.807, 2.05) is 0 Å². The van der Waals surface area contributed by atoms with Gasteiger partial charge in [0.1, 0.15) is 5.56 Å². The quantitative estimate of drug-likeness (QED) is 0.871. The summed E-state index contributed by atoms with van der Waals surface area (Å²) in [6.45, 7) is 0. The molecular weight excluding hydrogens is 227 g/mol. The van der Waals surface area contributed by atoms with Crippen LogP contribution in [0.2, 0.25) is 5.02 Å². The Kier molecular flexibility index (Phi) is 3.36. The topological polar surface area (TPSA) is 55.8 Å². The summed E-state index contributed by atoms with van der Waals surface area (Å²) in [7, 11) is 2.52. The van der Waals surface area contributed by atoms with E-state index in [-0.39, 0.29) is 16.5 Å². The van der Waals surface area contributed by atoms with Gasteiger partial charge in [-0.1, -0.05) is 11.6 Å². The Morgan fingerprint density at radius 1 is 1.47 bits per heavy atom. The maximum atomic E-state index is 13.4. The zero-order valence-electron chi connectivity index (χ0n) is 8.01. The van der Waals surface area contributed by atoms with Crippen molar-refractivity contribution in [3.63, 3.8) is 0 Å². The normalized spacial score (nSPS) is 9.87. The van der Waals surface area contributed by atoms with Gasteiger partial charge in [0.2, 0.25) is 0 Å². The third-order valence-corrected chi connectivity index (χ3v) is 2.05. The van der Waals surface area contributed by atoms with E-state index >= 15 is 0 Å². The summed E-state index contributed by atoms with van der Waals surface area (Å²) in [4.78, 5) is 10.8. The second-order valence-electron chi connectivity index (χ2n) is 2.59. The van der Waals surface area contributed by atoms with Crippen LogP contribution in [-0.2, 0) is 0 Å². The van der Waals surface area contributed by atoms with Gasteiger partial charge >= 0.3 is 5.97 Å². The molecule has 0 atom stereocenters. The lowest BCUT2D eigenvalue weighted by atomic mass is 10.1. The summed E-state index contributed by atoms with van der Waals surface area (Å²) in [5.74, 6) is -2.62. The second-order valence-corrected chi connectivity index (χ2v) is 3.00. The average molecular weight is 235 g/mol. The molecule has 0 aliphatic rings. The smallest absolute Gasteiger partial charge is 0.342 e. The van der Waals surface area contributed by atoms with Crippen molar-refractivity contribution in [1.82, 2.24) is 0 Å². The Balaban J connectivity index is 3.56. The highest BCUT2D eigenvalue weighted by Gasteiger charge is 2.24. The molecule has 0 fully saturated rings. The van der Waals surface area contributed by atoms with Crippen molar-refractivity contribution in [3.05, 3.63) is 22.5 Å². The molecular formula is C9H8ClFO4. The minimum Gasteiger partial charge on any atom is -0.493 e. The second kappa shape index (κ2) is 4.35. The highest BCUT2D eigenvalue weighted by Crippen LogP contribution is 2.36. The summed E-state index contributed by atoms with van der Waals surface area (Å²) < 4.78 is 23.0. The van der Waals surface area contributed by atoms with E-state index < -0.39 is 17.3 Å². The molecule has 0 aliphatic heterocycles. The standard InChI is InChI=1S/C9H8ClFO4/c1-14-5-3-4(10)7(11)6(9(12)13)8(5)15-2/h3H,1-2H3,(H,12,13). The Labute approximate surface area is 90.2 Å². The van der Waals surface area contributed by atoms with E-state index in [0.717, 1.165) is 6.07 Å². The highest BCUT2D eigenvalue weighted by atomic mass is 35.5. The molecule has 1 aromatic rings. The molecule has 0 heterocycles. The predicted molar refractivity (Wildman–Crippen MR) is 51.5 cm³/mol. The zero-order valence-corrected chi connectivity index (χ0v) is 8.76. The molecule has 0 saturated carbocycles. The van der Waals surface area contributed by atoms with E-state index in [0.29, 0.717) is 0 Å². The molecule has 4 nitrogen and oxygen atoms in total. The number of halogens is 2. The van der Waals surface area contributed by atoms with Crippen molar-refractivity contribution in [2.75, 3.05) is 14.2 Å². The summed E-state index contributed by atoms with van der Waals surface area (Å²) in [6.07, 6.45) is 0. The Morgan fingerprint density at radius 2 is 2.07 bits per heavy atom. The van der Waals surface area contributed by atoms with E-state index in [1.54, 1.807) is 0 Å². The first-order chi connectivity index (χ1) is 7.02. The number of carboxylic acids is 1. The predicted octanol–water partition coefficient (Wildman–Crippen LogP) is 2.19. The SMILES string of the molecule is COc1cc(Cl)c(F)c(C(=O)O)c1OC. The van der Waals surface area contributed by atoms with Gasteiger partial charge in [-0.15, -0.1) is 0 Å². The van der Waals surface area contributed by atoms with Crippen LogP contribution in [0.3, 0.4) is 0 Å². The molecule has 1 rings (SSSR count). The van der Waals surface area contributed by atoms with E-state index in [9.17, 15) is 9.18 Å². The fourth-order valence-electron chi connectivity index (χ4n) is 1.13. The molecule has 0 aliphatic carbocycles. The molecule has 0 bridgehead atoms. The molecule has 0 saturated heterocycles. The molecule has 0 amide bonds. The van der Waals surface area contributed by atoms with Crippen molar-refractivity contribution in [1.29, 1.82) is 0 Å². The van der Waals surface area contributed by atoms with Gasteiger partial charge in [0.05, 0.1) is 19.2 Å². The van der Waals surface area contributed by atoms with Crippen LogP contribution in [0.4, 0.5) is 4.39 Å². The molecule has 1 aromatic carbocycles. The number of hydrogen-bond acceptors (Lipinski definition) is 3. The molecule has 0 spiro atoms. The number of methoxy groups -OCH3 is 2. The maximum absolute atomic E-state index is 13.4. The Hall–Kier alpha value is -1.49. The first-order valence-corrected chi connectivity index (χ1v) is 4.24. The van der Waals surface area contributed by atoms with Crippen molar-refractivity contribution in [3.8, 4) is 11.5 Å². The van der Waals surface area contributed by atoms with Gasteiger partial charge in [0, 0.05) is 6.07 Å². The molecule has 6 heteroatoms. The first kappa shape index (κ1) is 11.6. The number of carboxylic acid groups (broad SMARTS) is 1. The van der Waals surface area contributed by atoms with Crippen LogP contribution >= 0.6 is 11.6 Å². The lowest BCUT2D eigenvalue weighted by molar-refractivity contribution is 0.0687. The summed E-state index contributed by atoms with van der Waals surface area (Å²) >= 11 is 5.50. The molecule has 0 radical (unpaired) electrons. The minimum absolute atomic E-state index is 0.0706. The van der Waals surface area contributed by atoms with Gasteiger partial charge in [0.15, 0.2) is 17.3 Å². The first-order valence-electron chi connectivity index (χ1n) is 3.86. The average Bonchev–Trinajstić information content (AvgIpc) is 2.20. The van der Waals surface area contributed by atoms with Gasteiger partial charge in [-0.2, -0.15) is 0 Å². The van der Waals surface area contributed by atoms with E-state index in [4.69, 9.17) is 26.2 Å². The molecule has 82 valence electrons. The number of ether oxygens (including phenoxy) is 2. The van der Waals surface area contributed by atoms with Crippen molar-refractivity contribution in [2.45, 2.75) is 0 Å². The summed E-state index contributed by atoms with van der Waals surface area (Å²) in [5, 5.41) is 8.46. The van der Waals surface area contributed by atoms with Crippen LogP contribution in [0.1, 0.15) is 10.4 Å². The number of aromatic carboxylic acids is 1. The maximum Gasteiger partial charge on any atom is 0.342 e. The summed E-state index contributed by atoms with van der Waals surface area (Å²) in [5.41, 5.74) is -0.637. The van der Waals surface area contributed by atoms with Crippen molar-refractivity contribution < 1.29 is 23.8 Å². The summed E-state index contributed by atoms with van der Waals surface area (Å²) in [6, 6.07) is 1.15. The Morgan fingerprint density at radius 3 is 2.47 bits per heavy atom. The largest absolute Gasteiger partial charge is 0.493 e. The molecule has 0 aromatic heterocycles. The van der Waals surface area contributed by atoms with Gasteiger partial charge in [-0.05, 0) is 0 Å². The van der Waals surface area contributed by atoms with Crippen LogP contribution in [0.5, 0.6) is 11.5 Å². The fourth-order valence-corrected chi connectivity index (χ4v) is 1.33. The van der Waals surface area contributed by atoms with Crippen LogP contribution < -0.4 is 9.47 Å². The lowest BCUT2D eigenvalue weighted by Crippen LogP contribution is -2.06. The molecule has 15 heavy (non-hydrogen) atoms. The number of carbonyl (C=O) groups is 1. The van der Waals surface area contributed by atoms with Gasteiger partial charge in [0.25, 0.3) is 0 Å². The van der Waals surface area contributed by atoms with Gasteiger partial charge in [-0.3, -0.25) is 0 Å². The number of benzene rings is 1. The molecule has 1 N–H and O–H groups in total.